The first-order valence-electron chi connectivity index (χ1n) is 7.47. The monoisotopic (exact) mass is 412 g/mol. The molecule has 0 unspecified atom stereocenters. The van der Waals surface area contributed by atoms with E-state index in [9.17, 15) is 31.5 Å². The van der Waals surface area contributed by atoms with Gasteiger partial charge in [0.05, 0.1) is 5.75 Å². The van der Waals surface area contributed by atoms with Crippen molar-refractivity contribution in [3.05, 3.63) is 76.4 Å². The molecule has 1 aromatic heterocycles. The molecule has 0 saturated heterocycles. The minimum atomic E-state index is -4.25. The van der Waals surface area contributed by atoms with Crippen LogP contribution in [0, 0.1) is 17.5 Å². The van der Waals surface area contributed by atoms with E-state index >= 15 is 0 Å². The van der Waals surface area contributed by atoms with E-state index in [1.807, 2.05) is 0 Å². The van der Waals surface area contributed by atoms with Gasteiger partial charge in [0.15, 0.2) is 9.84 Å². The lowest BCUT2D eigenvalue weighted by atomic mass is 10.1. The summed E-state index contributed by atoms with van der Waals surface area (Å²) in [5.41, 5.74) is 0.482. The third-order valence-electron chi connectivity index (χ3n) is 3.71. The molecule has 0 aliphatic heterocycles. The summed E-state index contributed by atoms with van der Waals surface area (Å²) in [4.78, 5) is 11.0. The van der Waals surface area contributed by atoms with Gasteiger partial charge < -0.3 is 5.11 Å². The van der Waals surface area contributed by atoms with Crippen molar-refractivity contribution in [2.24, 2.45) is 0 Å². The fraction of sp³-hybridized carbons (Fsp3) is 0.0556. The van der Waals surface area contributed by atoms with E-state index in [0.29, 0.717) is 16.5 Å². The minimum absolute atomic E-state index is 0.0319. The number of benzene rings is 2. The lowest BCUT2D eigenvalue weighted by Crippen LogP contribution is -2.09. The minimum Gasteiger partial charge on any atom is -0.477 e. The van der Waals surface area contributed by atoms with E-state index in [4.69, 9.17) is 0 Å². The molecule has 3 rings (SSSR count). The van der Waals surface area contributed by atoms with Crippen LogP contribution in [0.25, 0.3) is 10.4 Å². The summed E-state index contributed by atoms with van der Waals surface area (Å²) in [6.07, 6.45) is 0. The maximum atomic E-state index is 13.8. The fourth-order valence-electron chi connectivity index (χ4n) is 2.48. The van der Waals surface area contributed by atoms with Gasteiger partial charge in [-0.25, -0.2) is 26.4 Å². The molecule has 0 atom stereocenters. The molecule has 0 radical (unpaired) electrons. The molecule has 3 aromatic rings. The zero-order valence-electron chi connectivity index (χ0n) is 13.4. The number of hydrogen-bond donors (Lipinski definition) is 1. The van der Waals surface area contributed by atoms with Crippen molar-refractivity contribution < 1.29 is 31.5 Å². The van der Waals surface area contributed by atoms with Crippen LogP contribution < -0.4 is 0 Å². The number of rotatable bonds is 5. The van der Waals surface area contributed by atoms with Crippen LogP contribution in [0.1, 0.15) is 15.2 Å². The van der Waals surface area contributed by atoms with Gasteiger partial charge in [-0.05, 0) is 41.5 Å². The van der Waals surface area contributed by atoms with Gasteiger partial charge in [0.1, 0.15) is 27.2 Å². The lowest BCUT2D eigenvalue weighted by molar-refractivity contribution is 0.0701. The first-order chi connectivity index (χ1) is 12.7. The van der Waals surface area contributed by atoms with Crippen LogP contribution >= 0.6 is 11.3 Å². The fourth-order valence-corrected chi connectivity index (χ4v) is 5.02. The summed E-state index contributed by atoms with van der Waals surface area (Å²) in [7, 11) is -4.25. The Labute approximate surface area is 156 Å². The van der Waals surface area contributed by atoms with Gasteiger partial charge in [0.2, 0.25) is 0 Å². The van der Waals surface area contributed by atoms with E-state index in [0.717, 1.165) is 23.5 Å². The van der Waals surface area contributed by atoms with E-state index in [1.54, 1.807) is 0 Å². The van der Waals surface area contributed by atoms with Gasteiger partial charge in [-0.2, -0.15) is 0 Å². The highest BCUT2D eigenvalue weighted by Gasteiger charge is 2.25. The molecular formula is C18H11F3O4S2. The second-order valence-electron chi connectivity index (χ2n) is 5.61. The highest BCUT2D eigenvalue weighted by atomic mass is 32.2. The number of aromatic carboxylic acids is 1. The van der Waals surface area contributed by atoms with Crippen LogP contribution in [0.5, 0.6) is 0 Å². The Kier molecular flexibility index (Phi) is 5.07. The van der Waals surface area contributed by atoms with Crippen molar-refractivity contribution in [3.8, 4) is 10.4 Å². The van der Waals surface area contributed by atoms with Crippen molar-refractivity contribution in [1.29, 1.82) is 0 Å². The van der Waals surface area contributed by atoms with Crippen LogP contribution in [0.4, 0.5) is 13.2 Å². The topological polar surface area (TPSA) is 71.4 Å². The Balaban J connectivity index is 2.03. The first-order valence-corrected chi connectivity index (χ1v) is 9.94. The maximum Gasteiger partial charge on any atom is 0.346 e. The summed E-state index contributed by atoms with van der Waals surface area (Å²) in [6, 6.07) is 8.68. The first kappa shape index (κ1) is 19.1. The number of carboxylic acids is 1. The van der Waals surface area contributed by atoms with Crippen molar-refractivity contribution >= 4 is 27.1 Å². The highest BCUT2D eigenvalue weighted by molar-refractivity contribution is 7.90. The second-order valence-corrected chi connectivity index (χ2v) is 8.62. The standard InChI is InChI=1S/C18H11F3O4S2/c19-12-3-1-10(2-4-12)15-7-11(17(26-15)18(22)23)9-27(24,25)16-6-5-13(20)8-14(16)21/h1-8H,9H2,(H,22,23). The molecule has 0 saturated carbocycles. The molecule has 0 amide bonds. The van der Waals surface area contributed by atoms with Crippen molar-refractivity contribution in [1.82, 2.24) is 0 Å². The molecule has 0 aliphatic carbocycles. The molecule has 140 valence electrons. The number of carboxylic acid groups (broad SMARTS) is 1. The zero-order chi connectivity index (χ0) is 19.8. The van der Waals surface area contributed by atoms with Crippen molar-refractivity contribution in [2.45, 2.75) is 10.6 Å². The Morgan fingerprint density at radius 3 is 2.19 bits per heavy atom. The third-order valence-corrected chi connectivity index (χ3v) is 6.61. The van der Waals surface area contributed by atoms with E-state index < -0.39 is 43.9 Å². The van der Waals surface area contributed by atoms with Crippen LogP contribution in [0.15, 0.2) is 53.4 Å². The maximum absolute atomic E-state index is 13.8. The van der Waals surface area contributed by atoms with Gasteiger partial charge in [-0.3, -0.25) is 0 Å². The highest BCUT2D eigenvalue weighted by Crippen LogP contribution is 2.34. The Hall–Kier alpha value is -2.65. The molecule has 1 N–H and O–H groups in total. The van der Waals surface area contributed by atoms with E-state index in [2.05, 4.69) is 0 Å². The molecule has 1 heterocycles. The van der Waals surface area contributed by atoms with E-state index in [1.165, 1.54) is 30.3 Å². The Bertz CT molecular complexity index is 1120. The summed E-state index contributed by atoms with van der Waals surface area (Å²) < 4.78 is 64.9. The van der Waals surface area contributed by atoms with Crippen LogP contribution in [0.3, 0.4) is 0 Å². The summed E-state index contributed by atoms with van der Waals surface area (Å²) in [6.45, 7) is 0. The Morgan fingerprint density at radius 2 is 1.59 bits per heavy atom. The molecule has 0 spiro atoms. The summed E-state index contributed by atoms with van der Waals surface area (Å²) in [5.74, 6) is -4.75. The van der Waals surface area contributed by atoms with Gasteiger partial charge in [-0.15, -0.1) is 11.3 Å². The molecule has 27 heavy (non-hydrogen) atoms. The zero-order valence-corrected chi connectivity index (χ0v) is 15.1. The van der Waals surface area contributed by atoms with Gasteiger partial charge in [0.25, 0.3) is 0 Å². The number of hydrogen-bond acceptors (Lipinski definition) is 4. The van der Waals surface area contributed by atoms with Gasteiger partial charge in [0, 0.05) is 10.9 Å². The number of thiophene rings is 1. The van der Waals surface area contributed by atoms with Gasteiger partial charge >= 0.3 is 5.97 Å². The van der Waals surface area contributed by atoms with Crippen molar-refractivity contribution in [2.75, 3.05) is 0 Å². The predicted octanol–water partition coefficient (Wildman–Crippen LogP) is 4.50. The van der Waals surface area contributed by atoms with Gasteiger partial charge in [-0.1, -0.05) is 12.1 Å². The predicted molar refractivity (Wildman–Crippen MR) is 93.9 cm³/mol. The summed E-state index contributed by atoms with van der Waals surface area (Å²) in [5, 5.41) is 9.36. The normalized spacial score (nSPS) is 11.5. The molecule has 0 bridgehead atoms. The van der Waals surface area contributed by atoms with Crippen LogP contribution in [-0.4, -0.2) is 19.5 Å². The molecule has 2 aromatic carbocycles. The molecule has 0 aliphatic rings. The molecule has 9 heteroatoms. The molecule has 4 nitrogen and oxygen atoms in total. The average molecular weight is 412 g/mol. The second kappa shape index (κ2) is 7.16. The SMILES string of the molecule is O=C(O)c1sc(-c2ccc(F)cc2)cc1CS(=O)(=O)c1ccc(F)cc1F. The number of carbonyl (C=O) groups is 1. The largest absolute Gasteiger partial charge is 0.477 e. The smallest absolute Gasteiger partial charge is 0.346 e. The Morgan fingerprint density at radius 1 is 0.963 bits per heavy atom. The number of sulfone groups is 1. The lowest BCUT2D eigenvalue weighted by Gasteiger charge is -2.05. The number of halogens is 3. The molecule has 0 fully saturated rings. The van der Waals surface area contributed by atoms with Crippen LogP contribution in [-0.2, 0) is 15.6 Å². The quantitative estimate of drug-likeness (QED) is 0.626. The third kappa shape index (κ3) is 4.04. The molecular weight excluding hydrogens is 401 g/mol. The summed E-state index contributed by atoms with van der Waals surface area (Å²) >= 11 is 0.829. The average Bonchev–Trinajstić information content (AvgIpc) is 2.98. The van der Waals surface area contributed by atoms with E-state index in [-0.39, 0.29) is 10.4 Å². The van der Waals surface area contributed by atoms with Crippen LogP contribution in [0.2, 0.25) is 0 Å². The van der Waals surface area contributed by atoms with Crippen molar-refractivity contribution in [3.63, 3.8) is 0 Å².